The lowest BCUT2D eigenvalue weighted by atomic mass is 10.2. The molecule has 3 rings (SSSR count). The highest BCUT2D eigenvalue weighted by atomic mass is 16.5. The van der Waals surface area contributed by atoms with Gasteiger partial charge in [0.2, 0.25) is 0 Å². The van der Waals surface area contributed by atoms with Crippen LogP contribution in [0.2, 0.25) is 0 Å². The van der Waals surface area contributed by atoms with Gasteiger partial charge in [-0.05, 0) is 18.1 Å². The van der Waals surface area contributed by atoms with Gasteiger partial charge in [-0.15, -0.1) is 9.35 Å². The molecule has 0 aliphatic heterocycles. The van der Waals surface area contributed by atoms with Crippen LogP contribution in [0.25, 0.3) is 0 Å². The van der Waals surface area contributed by atoms with Gasteiger partial charge in [-0.1, -0.05) is 70.9 Å². The lowest BCUT2D eigenvalue weighted by molar-refractivity contribution is -0.687. The Labute approximate surface area is 147 Å². The number of hydrogen-bond donors (Lipinski definition) is 0. The second kappa shape index (κ2) is 8.70. The van der Waals surface area contributed by atoms with Crippen LogP contribution in [0.4, 0.5) is 0 Å². The van der Waals surface area contributed by atoms with Crippen LogP contribution in [0.3, 0.4) is 0 Å². The number of hydrogen-bond acceptors (Lipinski definition) is 3. The molecule has 0 fully saturated rings. The van der Waals surface area contributed by atoms with E-state index in [1.54, 1.807) is 9.35 Å². The smallest absolute Gasteiger partial charge is 0.333 e. The minimum Gasteiger partial charge on any atom is -0.369 e. The third-order valence-corrected chi connectivity index (χ3v) is 3.57. The molecular weight excluding hydrogens is 312 g/mol. The van der Waals surface area contributed by atoms with E-state index in [2.05, 4.69) is 10.2 Å². The maximum atomic E-state index is 5.57. The van der Waals surface area contributed by atoms with E-state index in [-0.39, 0.29) is 0 Å². The number of imidazole rings is 1. The van der Waals surface area contributed by atoms with E-state index in [4.69, 9.17) is 4.74 Å². The van der Waals surface area contributed by atoms with Gasteiger partial charge in [0.1, 0.15) is 0 Å². The Balaban J connectivity index is 1.85. The summed E-state index contributed by atoms with van der Waals surface area (Å²) in [5, 5.41) is 9.04. The van der Waals surface area contributed by atoms with Crippen LogP contribution >= 0.6 is 0 Å². The Morgan fingerprint density at radius 1 is 0.960 bits per heavy atom. The highest BCUT2D eigenvalue weighted by Crippen LogP contribution is 2.01. The summed E-state index contributed by atoms with van der Waals surface area (Å²) in [7, 11) is 0. The first kappa shape index (κ1) is 16.8. The molecule has 0 N–H and O–H groups in total. The fourth-order valence-electron chi connectivity index (χ4n) is 2.28. The molecule has 3 aromatic rings. The topological polar surface area (TPSA) is 42.8 Å². The monoisotopic (exact) mass is 333 g/mol. The zero-order chi connectivity index (χ0) is 17.3. The van der Waals surface area contributed by atoms with Gasteiger partial charge in [-0.2, -0.15) is 0 Å². The van der Waals surface area contributed by atoms with Crippen molar-refractivity contribution in [1.29, 1.82) is 0 Å². The second-order valence-corrected chi connectivity index (χ2v) is 5.35. The van der Waals surface area contributed by atoms with Gasteiger partial charge in [0.15, 0.2) is 19.0 Å². The fraction of sp³-hybridized carbons (Fsp3) is 0.150. The van der Waals surface area contributed by atoms with Gasteiger partial charge >= 0.3 is 5.82 Å². The predicted octanol–water partition coefficient (Wildman–Crippen LogP) is 3.08. The lowest BCUT2D eigenvalue weighted by Crippen LogP contribution is -2.32. The van der Waals surface area contributed by atoms with Gasteiger partial charge < -0.3 is 4.74 Å². The molecule has 25 heavy (non-hydrogen) atoms. The Morgan fingerprint density at radius 3 is 2.24 bits per heavy atom. The molecule has 1 heterocycles. The van der Waals surface area contributed by atoms with Crippen molar-refractivity contribution in [3.63, 3.8) is 0 Å². The van der Waals surface area contributed by atoms with Crippen LogP contribution in [-0.4, -0.2) is 23.7 Å². The molecule has 5 nitrogen and oxygen atoms in total. The number of rotatable bonds is 7. The Kier molecular flexibility index (Phi) is 5.85. The van der Waals surface area contributed by atoms with E-state index in [0.29, 0.717) is 13.2 Å². The number of ether oxygens (including phenoxy) is 1. The summed E-state index contributed by atoms with van der Waals surface area (Å²) in [6.45, 7) is 3.04. The zero-order valence-corrected chi connectivity index (χ0v) is 14.2. The molecule has 0 bridgehead atoms. The summed E-state index contributed by atoms with van der Waals surface area (Å²) in [6, 6.07) is 20.0. The minimum atomic E-state index is 0.432. The maximum absolute atomic E-state index is 5.57. The van der Waals surface area contributed by atoms with Gasteiger partial charge in [-0.3, -0.25) is 0 Å². The number of benzene rings is 2. The summed E-state index contributed by atoms with van der Waals surface area (Å²) in [6.07, 6.45) is 7.38. The van der Waals surface area contributed by atoms with Crippen molar-refractivity contribution in [3.8, 4) is 0 Å². The van der Waals surface area contributed by atoms with Crippen LogP contribution < -0.4 is 4.68 Å². The van der Waals surface area contributed by atoms with Crippen molar-refractivity contribution in [3.05, 3.63) is 90.0 Å². The zero-order valence-electron chi connectivity index (χ0n) is 14.2. The fourth-order valence-corrected chi connectivity index (χ4v) is 2.28. The highest BCUT2D eigenvalue weighted by Gasteiger charge is 2.17. The van der Waals surface area contributed by atoms with Gasteiger partial charge in [0.25, 0.3) is 0 Å². The quantitative estimate of drug-likeness (QED) is 0.484. The summed E-state index contributed by atoms with van der Waals surface area (Å²) < 4.78 is 9.14. The third-order valence-electron chi connectivity index (χ3n) is 3.57. The van der Waals surface area contributed by atoms with E-state index in [0.717, 1.165) is 17.0 Å². The van der Waals surface area contributed by atoms with Gasteiger partial charge in [0.05, 0.1) is 12.4 Å². The van der Waals surface area contributed by atoms with Crippen molar-refractivity contribution in [2.45, 2.75) is 13.5 Å². The van der Waals surface area contributed by atoms with Crippen LogP contribution in [0.5, 0.6) is 0 Å². The molecule has 5 heteroatoms. The average Bonchev–Trinajstić information content (AvgIpc) is 3.06. The van der Waals surface area contributed by atoms with E-state index in [1.807, 2.05) is 92.4 Å². The van der Waals surface area contributed by atoms with Crippen LogP contribution in [0.1, 0.15) is 23.9 Å². The third kappa shape index (κ3) is 4.71. The largest absolute Gasteiger partial charge is 0.369 e. The Bertz CT molecular complexity index is 772. The minimum absolute atomic E-state index is 0.432. The molecule has 0 aliphatic rings. The lowest BCUT2D eigenvalue weighted by Gasteiger charge is -1.98. The molecule has 0 saturated heterocycles. The van der Waals surface area contributed by atoms with Gasteiger partial charge in [0, 0.05) is 6.61 Å². The first-order chi connectivity index (χ1) is 12.4. The maximum Gasteiger partial charge on any atom is 0.333 e. The summed E-state index contributed by atoms with van der Waals surface area (Å²) >= 11 is 0. The molecule has 0 spiro atoms. The molecule has 0 atom stereocenters. The molecular formula is C20H21N4O+. The molecule has 0 radical (unpaired) electrons. The van der Waals surface area contributed by atoms with E-state index in [9.17, 15) is 0 Å². The van der Waals surface area contributed by atoms with Crippen molar-refractivity contribution in [2.24, 2.45) is 10.2 Å². The summed E-state index contributed by atoms with van der Waals surface area (Å²) in [5.74, 6) is 0.848. The molecule has 0 unspecified atom stereocenters. The summed E-state index contributed by atoms with van der Waals surface area (Å²) in [4.78, 5) is 0. The summed E-state index contributed by atoms with van der Waals surface area (Å²) in [5.41, 5.74) is 2.08. The normalized spacial score (nSPS) is 11.6. The van der Waals surface area contributed by atoms with E-state index < -0.39 is 0 Å². The first-order valence-electron chi connectivity index (χ1n) is 8.25. The molecule has 0 saturated carbocycles. The number of aromatic nitrogens is 2. The molecule has 126 valence electrons. The van der Waals surface area contributed by atoms with E-state index >= 15 is 0 Å². The average molecular weight is 333 g/mol. The van der Waals surface area contributed by atoms with Crippen molar-refractivity contribution < 1.29 is 9.41 Å². The van der Waals surface area contributed by atoms with Crippen molar-refractivity contribution in [2.75, 3.05) is 6.61 Å². The van der Waals surface area contributed by atoms with Crippen molar-refractivity contribution >= 4 is 12.4 Å². The van der Waals surface area contributed by atoms with Crippen LogP contribution in [0.15, 0.2) is 83.3 Å². The molecule has 1 aromatic heterocycles. The molecule has 2 aromatic carbocycles. The predicted molar refractivity (Wildman–Crippen MR) is 98.8 cm³/mol. The SMILES string of the molecule is CCOCc1n(/N=C/c2ccccc2)cc[n+]1/N=C/c1ccccc1. The Morgan fingerprint density at radius 2 is 1.60 bits per heavy atom. The molecule has 0 amide bonds. The number of nitrogens with zero attached hydrogens (tertiary/aromatic N) is 4. The van der Waals surface area contributed by atoms with E-state index in [1.165, 1.54) is 0 Å². The highest BCUT2D eigenvalue weighted by molar-refractivity contribution is 5.79. The molecule has 0 aliphatic carbocycles. The van der Waals surface area contributed by atoms with Crippen LogP contribution in [-0.2, 0) is 11.3 Å². The standard InChI is InChI=1S/C20H21N4O/c1-2-25-17-20-23(21-15-18-9-5-3-6-10-18)13-14-24(20)22-16-19-11-7-4-8-12-19/h3-16H,2,17H2,1H3/q+1/b21-15+,22-16+. The second-order valence-electron chi connectivity index (χ2n) is 5.35. The first-order valence-corrected chi connectivity index (χ1v) is 8.25. The van der Waals surface area contributed by atoms with Crippen molar-refractivity contribution in [1.82, 2.24) is 4.68 Å². The van der Waals surface area contributed by atoms with Gasteiger partial charge in [-0.25, -0.2) is 0 Å². The Hall–Kier alpha value is -3.05. The van der Waals surface area contributed by atoms with Crippen LogP contribution in [0, 0.1) is 0 Å².